The molecule has 0 heterocycles. The summed E-state index contributed by atoms with van der Waals surface area (Å²) in [5, 5.41) is 6.01. The van der Waals surface area contributed by atoms with E-state index in [1.165, 1.54) is 0 Å². The summed E-state index contributed by atoms with van der Waals surface area (Å²) in [6.45, 7) is 4.31. The van der Waals surface area contributed by atoms with E-state index in [-0.39, 0.29) is 18.5 Å². The minimum Gasteiger partial charge on any atom is -0.497 e. The van der Waals surface area contributed by atoms with Crippen LogP contribution in [0.15, 0.2) is 18.2 Å². The van der Waals surface area contributed by atoms with Crippen molar-refractivity contribution in [2.24, 2.45) is 0 Å². The largest absolute Gasteiger partial charge is 0.497 e. The number of hydrogen-bond acceptors (Lipinski definition) is 4. The summed E-state index contributed by atoms with van der Waals surface area (Å²) < 4.78 is 10.4. The summed E-state index contributed by atoms with van der Waals surface area (Å²) in [5.74, 6) is 1.36. The number of benzene rings is 1. The maximum absolute atomic E-state index is 11.8. The lowest BCUT2D eigenvalue weighted by molar-refractivity contribution is -0.120. The Labute approximate surface area is 120 Å². The van der Waals surface area contributed by atoms with Gasteiger partial charge in [-0.3, -0.25) is 4.79 Å². The molecule has 0 saturated carbocycles. The number of amides is 1. The number of hydrogen-bond donors (Lipinski definition) is 2. The van der Waals surface area contributed by atoms with Crippen LogP contribution < -0.4 is 20.1 Å². The Morgan fingerprint density at radius 2 is 2.05 bits per heavy atom. The van der Waals surface area contributed by atoms with E-state index in [9.17, 15) is 4.79 Å². The van der Waals surface area contributed by atoms with Gasteiger partial charge in [-0.2, -0.15) is 0 Å². The topological polar surface area (TPSA) is 59.6 Å². The van der Waals surface area contributed by atoms with Crippen molar-refractivity contribution in [3.8, 4) is 11.5 Å². The summed E-state index contributed by atoms with van der Waals surface area (Å²) in [6, 6.07) is 5.62. The highest BCUT2D eigenvalue weighted by atomic mass is 16.5. The van der Waals surface area contributed by atoms with E-state index in [2.05, 4.69) is 17.6 Å². The van der Waals surface area contributed by atoms with Crippen molar-refractivity contribution in [2.75, 3.05) is 26.1 Å². The normalized spacial score (nSPS) is 11.6. The molecule has 1 rings (SSSR count). The first-order valence-corrected chi connectivity index (χ1v) is 6.86. The van der Waals surface area contributed by atoms with Crippen molar-refractivity contribution < 1.29 is 14.3 Å². The number of rotatable bonds is 8. The van der Waals surface area contributed by atoms with Crippen LogP contribution in [0.2, 0.25) is 0 Å². The predicted octanol–water partition coefficient (Wildman–Crippen LogP) is 2.42. The van der Waals surface area contributed by atoms with E-state index < -0.39 is 0 Å². The van der Waals surface area contributed by atoms with Crippen LogP contribution in [0.4, 0.5) is 5.69 Å². The molecule has 0 aliphatic rings. The van der Waals surface area contributed by atoms with Crippen molar-refractivity contribution in [3.05, 3.63) is 18.2 Å². The molecule has 1 unspecified atom stereocenters. The summed E-state index contributed by atoms with van der Waals surface area (Å²) in [5.41, 5.74) is 0.741. The molecule has 0 fully saturated rings. The fourth-order valence-corrected chi connectivity index (χ4v) is 1.96. The zero-order chi connectivity index (χ0) is 15.0. The Balaban J connectivity index is 2.57. The quantitative estimate of drug-likeness (QED) is 0.768. The average molecular weight is 280 g/mol. The van der Waals surface area contributed by atoms with Gasteiger partial charge in [-0.05, 0) is 25.5 Å². The summed E-state index contributed by atoms with van der Waals surface area (Å²) in [7, 11) is 3.20. The van der Waals surface area contributed by atoms with Crippen LogP contribution in [0, 0.1) is 0 Å². The summed E-state index contributed by atoms with van der Waals surface area (Å²) in [4.78, 5) is 11.8. The maximum Gasteiger partial charge on any atom is 0.239 e. The molecule has 0 saturated heterocycles. The number of nitrogens with one attached hydrogen (secondary N) is 2. The zero-order valence-electron chi connectivity index (χ0n) is 12.7. The number of methoxy groups -OCH3 is 2. The molecule has 0 aliphatic carbocycles. The molecule has 1 aromatic rings. The van der Waals surface area contributed by atoms with E-state index >= 15 is 0 Å². The zero-order valence-corrected chi connectivity index (χ0v) is 12.7. The van der Waals surface area contributed by atoms with Gasteiger partial charge in [-0.25, -0.2) is 0 Å². The van der Waals surface area contributed by atoms with Gasteiger partial charge in [-0.1, -0.05) is 13.3 Å². The van der Waals surface area contributed by atoms with Crippen LogP contribution in [0.5, 0.6) is 11.5 Å². The molecule has 5 nitrogen and oxygen atoms in total. The number of ether oxygens (including phenoxy) is 2. The Morgan fingerprint density at radius 1 is 1.30 bits per heavy atom. The molecular weight excluding hydrogens is 256 g/mol. The van der Waals surface area contributed by atoms with Crippen LogP contribution in [-0.4, -0.2) is 32.7 Å². The number of carbonyl (C=O) groups excluding carboxylic acids is 1. The average Bonchev–Trinajstić information content (AvgIpc) is 2.44. The Bertz CT molecular complexity index is 435. The second-order valence-corrected chi connectivity index (χ2v) is 4.68. The van der Waals surface area contributed by atoms with Gasteiger partial charge in [0.1, 0.15) is 11.5 Å². The van der Waals surface area contributed by atoms with Crippen molar-refractivity contribution in [1.29, 1.82) is 0 Å². The summed E-state index contributed by atoms with van der Waals surface area (Å²) >= 11 is 0. The van der Waals surface area contributed by atoms with Gasteiger partial charge in [0.15, 0.2) is 0 Å². The third kappa shape index (κ3) is 4.99. The van der Waals surface area contributed by atoms with E-state index in [0.29, 0.717) is 11.5 Å². The van der Waals surface area contributed by atoms with Gasteiger partial charge in [0.05, 0.1) is 26.5 Å². The SMILES string of the molecule is CCCC(C)NC(=O)CNc1cc(OC)ccc1OC. The monoisotopic (exact) mass is 280 g/mol. The lowest BCUT2D eigenvalue weighted by Crippen LogP contribution is -2.36. The van der Waals surface area contributed by atoms with Crippen LogP contribution >= 0.6 is 0 Å². The molecule has 0 aromatic heterocycles. The molecule has 5 heteroatoms. The molecule has 2 N–H and O–H groups in total. The highest BCUT2D eigenvalue weighted by Crippen LogP contribution is 2.28. The molecule has 0 radical (unpaired) electrons. The van der Waals surface area contributed by atoms with Crippen molar-refractivity contribution >= 4 is 11.6 Å². The Kier molecular flexibility index (Phi) is 6.70. The highest BCUT2D eigenvalue weighted by molar-refractivity contribution is 5.81. The van der Waals surface area contributed by atoms with Crippen LogP contribution in [0.1, 0.15) is 26.7 Å². The minimum absolute atomic E-state index is 0.0316. The summed E-state index contributed by atoms with van der Waals surface area (Å²) in [6.07, 6.45) is 2.03. The standard InChI is InChI=1S/C15H24N2O3/c1-5-6-11(2)17-15(18)10-16-13-9-12(19-3)7-8-14(13)20-4/h7-9,11,16H,5-6,10H2,1-4H3,(H,17,18). The van der Waals surface area contributed by atoms with Gasteiger partial charge in [0.2, 0.25) is 5.91 Å². The molecular formula is C15H24N2O3. The Hall–Kier alpha value is -1.91. The second-order valence-electron chi connectivity index (χ2n) is 4.68. The molecule has 0 bridgehead atoms. The van der Waals surface area contributed by atoms with E-state index in [1.807, 2.05) is 19.1 Å². The maximum atomic E-state index is 11.8. The molecule has 0 aliphatic heterocycles. The fourth-order valence-electron chi connectivity index (χ4n) is 1.96. The lowest BCUT2D eigenvalue weighted by Gasteiger charge is -2.15. The third-order valence-corrected chi connectivity index (χ3v) is 2.98. The molecule has 0 spiro atoms. The third-order valence-electron chi connectivity index (χ3n) is 2.98. The minimum atomic E-state index is -0.0316. The molecule has 1 amide bonds. The first-order chi connectivity index (χ1) is 9.60. The fraction of sp³-hybridized carbons (Fsp3) is 0.533. The van der Waals surface area contributed by atoms with Gasteiger partial charge in [0.25, 0.3) is 0 Å². The highest BCUT2D eigenvalue weighted by Gasteiger charge is 2.09. The lowest BCUT2D eigenvalue weighted by atomic mass is 10.2. The number of carbonyl (C=O) groups is 1. The molecule has 1 atom stereocenters. The number of anilines is 1. The van der Waals surface area contributed by atoms with Crippen LogP contribution in [-0.2, 0) is 4.79 Å². The first kappa shape index (κ1) is 16.1. The van der Waals surface area contributed by atoms with Crippen molar-refractivity contribution in [3.63, 3.8) is 0 Å². The molecule has 112 valence electrons. The first-order valence-electron chi connectivity index (χ1n) is 6.86. The second kappa shape index (κ2) is 8.30. The van der Waals surface area contributed by atoms with Gasteiger partial charge in [-0.15, -0.1) is 0 Å². The van der Waals surface area contributed by atoms with Gasteiger partial charge in [0, 0.05) is 12.1 Å². The Morgan fingerprint density at radius 3 is 2.65 bits per heavy atom. The van der Waals surface area contributed by atoms with E-state index in [1.54, 1.807) is 20.3 Å². The van der Waals surface area contributed by atoms with Gasteiger partial charge >= 0.3 is 0 Å². The van der Waals surface area contributed by atoms with E-state index in [4.69, 9.17) is 9.47 Å². The van der Waals surface area contributed by atoms with E-state index in [0.717, 1.165) is 18.5 Å². The molecule has 20 heavy (non-hydrogen) atoms. The smallest absolute Gasteiger partial charge is 0.239 e. The van der Waals surface area contributed by atoms with Crippen molar-refractivity contribution in [1.82, 2.24) is 5.32 Å². The van der Waals surface area contributed by atoms with Crippen LogP contribution in [0.25, 0.3) is 0 Å². The van der Waals surface area contributed by atoms with Crippen molar-refractivity contribution in [2.45, 2.75) is 32.7 Å². The van der Waals surface area contributed by atoms with Gasteiger partial charge < -0.3 is 20.1 Å². The molecule has 1 aromatic carbocycles. The van der Waals surface area contributed by atoms with Crippen LogP contribution in [0.3, 0.4) is 0 Å². The predicted molar refractivity (Wildman–Crippen MR) is 80.5 cm³/mol.